The number of allylic oxidation sites excluding steroid dienone is 2. The molecule has 2 aliphatic rings. The Morgan fingerprint density at radius 1 is 1.06 bits per heavy atom. The number of ether oxygens (including phenoxy) is 2. The van der Waals surface area contributed by atoms with E-state index in [2.05, 4.69) is 0 Å². The molecular weight excluding hydrogens is 424 g/mol. The van der Waals surface area contributed by atoms with Gasteiger partial charge in [-0.15, -0.1) is 0 Å². The number of thiazole rings is 1. The van der Waals surface area contributed by atoms with E-state index in [1.807, 2.05) is 48.5 Å². The van der Waals surface area contributed by atoms with Crippen LogP contribution in [0.4, 0.5) is 0 Å². The summed E-state index contributed by atoms with van der Waals surface area (Å²) in [6.07, 6.45) is 3.83. The molecule has 2 aromatic carbocycles. The molecule has 5 rings (SSSR count). The molecule has 1 aliphatic heterocycles. The maximum atomic E-state index is 13.6. The van der Waals surface area contributed by atoms with Crippen molar-refractivity contribution in [1.29, 1.82) is 0 Å². The van der Waals surface area contributed by atoms with Gasteiger partial charge in [0.15, 0.2) is 10.6 Å². The second kappa shape index (κ2) is 8.24. The second-order valence-electron chi connectivity index (χ2n) is 7.74. The van der Waals surface area contributed by atoms with Crippen molar-refractivity contribution in [1.82, 2.24) is 4.57 Å². The number of fused-ring (bicyclic) bond motifs is 1. The Morgan fingerprint density at radius 3 is 2.62 bits per heavy atom. The lowest BCUT2D eigenvalue weighted by Gasteiger charge is -2.28. The number of nitrogens with zero attached hydrogens (tertiary/aromatic N) is 2. The van der Waals surface area contributed by atoms with Gasteiger partial charge in [-0.2, -0.15) is 0 Å². The van der Waals surface area contributed by atoms with E-state index < -0.39 is 6.04 Å². The second-order valence-corrected chi connectivity index (χ2v) is 8.75. The van der Waals surface area contributed by atoms with Crippen LogP contribution >= 0.6 is 11.3 Å². The molecule has 7 heteroatoms. The van der Waals surface area contributed by atoms with Gasteiger partial charge in [0, 0.05) is 17.6 Å². The van der Waals surface area contributed by atoms with Crippen molar-refractivity contribution in [2.45, 2.75) is 25.3 Å². The molecule has 1 aromatic heterocycles. The number of hydrogen-bond donors (Lipinski definition) is 0. The first kappa shape index (κ1) is 20.5. The third-order valence-electron chi connectivity index (χ3n) is 5.87. The van der Waals surface area contributed by atoms with Crippen LogP contribution < -0.4 is 24.4 Å². The Morgan fingerprint density at radius 2 is 1.88 bits per heavy atom. The minimum atomic E-state index is -0.454. The lowest BCUT2D eigenvalue weighted by atomic mass is 9.86. The van der Waals surface area contributed by atoms with E-state index in [0.29, 0.717) is 32.8 Å². The number of ketones is 1. The Bertz CT molecular complexity index is 1420. The number of rotatable bonds is 4. The van der Waals surface area contributed by atoms with E-state index in [1.165, 1.54) is 11.3 Å². The number of hydrogen-bond acceptors (Lipinski definition) is 6. The van der Waals surface area contributed by atoms with Crippen molar-refractivity contribution in [3.8, 4) is 11.5 Å². The first-order valence-electron chi connectivity index (χ1n) is 10.5. The molecule has 1 aliphatic carbocycles. The maximum Gasteiger partial charge on any atom is 0.271 e. The molecule has 0 amide bonds. The summed E-state index contributed by atoms with van der Waals surface area (Å²) in [6, 6.07) is 14.7. The molecule has 0 spiro atoms. The molecule has 162 valence electrons. The predicted molar refractivity (Wildman–Crippen MR) is 123 cm³/mol. The molecule has 32 heavy (non-hydrogen) atoms. The van der Waals surface area contributed by atoms with Crippen molar-refractivity contribution in [3.05, 3.63) is 90.6 Å². The molecular formula is C25H22N2O4S. The molecule has 1 unspecified atom stereocenters. The van der Waals surface area contributed by atoms with Crippen LogP contribution in [0, 0.1) is 0 Å². The number of carbonyl (C=O) groups excluding carboxylic acids is 1. The van der Waals surface area contributed by atoms with E-state index >= 15 is 0 Å². The Labute approximate surface area is 188 Å². The van der Waals surface area contributed by atoms with Gasteiger partial charge in [0.2, 0.25) is 0 Å². The summed E-state index contributed by atoms with van der Waals surface area (Å²) in [7, 11) is 3.19. The summed E-state index contributed by atoms with van der Waals surface area (Å²) in [5.41, 5.74) is 2.95. The van der Waals surface area contributed by atoms with Gasteiger partial charge >= 0.3 is 0 Å². The zero-order chi connectivity index (χ0) is 22.2. The number of benzene rings is 2. The van der Waals surface area contributed by atoms with Crippen LogP contribution in [0.5, 0.6) is 11.5 Å². The maximum absolute atomic E-state index is 13.6. The van der Waals surface area contributed by atoms with E-state index in [1.54, 1.807) is 24.9 Å². The average molecular weight is 447 g/mol. The Kier molecular flexibility index (Phi) is 5.27. The fraction of sp³-hybridized carbons (Fsp3) is 0.240. The highest BCUT2D eigenvalue weighted by Gasteiger charge is 2.34. The van der Waals surface area contributed by atoms with Crippen LogP contribution in [-0.4, -0.2) is 24.6 Å². The molecule has 0 radical (unpaired) electrons. The van der Waals surface area contributed by atoms with Crippen molar-refractivity contribution < 1.29 is 14.3 Å². The Balaban J connectivity index is 1.76. The average Bonchev–Trinajstić information content (AvgIpc) is 3.13. The summed E-state index contributed by atoms with van der Waals surface area (Å²) < 4.78 is 13.0. The monoisotopic (exact) mass is 446 g/mol. The number of methoxy groups -OCH3 is 2. The SMILES string of the molecule is COc1ccc(OC)c(C=c2sc3n(c2=O)C(c2ccccc2)C2=C(CCCC2=O)N=3)c1. The first-order chi connectivity index (χ1) is 15.6. The fourth-order valence-electron chi connectivity index (χ4n) is 4.35. The summed E-state index contributed by atoms with van der Waals surface area (Å²) >= 11 is 1.33. The van der Waals surface area contributed by atoms with Crippen LogP contribution in [-0.2, 0) is 4.79 Å². The molecule has 1 atom stereocenters. The summed E-state index contributed by atoms with van der Waals surface area (Å²) in [5.74, 6) is 1.39. The van der Waals surface area contributed by atoms with Gasteiger partial charge < -0.3 is 9.47 Å². The molecule has 3 aromatic rings. The zero-order valence-electron chi connectivity index (χ0n) is 17.8. The first-order valence-corrected chi connectivity index (χ1v) is 11.3. The van der Waals surface area contributed by atoms with Gasteiger partial charge in [-0.05, 0) is 42.7 Å². The molecule has 0 N–H and O–H groups in total. The topological polar surface area (TPSA) is 69.9 Å². The largest absolute Gasteiger partial charge is 0.497 e. The van der Waals surface area contributed by atoms with Crippen molar-refractivity contribution in [2.24, 2.45) is 4.99 Å². The zero-order valence-corrected chi connectivity index (χ0v) is 18.6. The minimum Gasteiger partial charge on any atom is -0.497 e. The van der Waals surface area contributed by atoms with E-state index in [0.717, 1.165) is 29.7 Å². The van der Waals surface area contributed by atoms with Crippen LogP contribution in [0.1, 0.15) is 36.4 Å². The predicted octanol–water partition coefficient (Wildman–Crippen LogP) is 2.99. The van der Waals surface area contributed by atoms with Gasteiger partial charge in [-0.25, -0.2) is 4.99 Å². The normalized spacial score (nSPS) is 18.1. The molecule has 6 nitrogen and oxygen atoms in total. The lowest BCUT2D eigenvalue weighted by Crippen LogP contribution is -2.40. The van der Waals surface area contributed by atoms with E-state index in [4.69, 9.17) is 14.5 Å². The molecule has 0 bridgehead atoms. The summed E-state index contributed by atoms with van der Waals surface area (Å²) in [4.78, 5) is 31.9. The number of carbonyl (C=O) groups is 1. The Hall–Kier alpha value is -3.45. The fourth-order valence-corrected chi connectivity index (χ4v) is 5.37. The summed E-state index contributed by atoms with van der Waals surface area (Å²) in [6.45, 7) is 0. The highest BCUT2D eigenvalue weighted by Crippen LogP contribution is 2.36. The van der Waals surface area contributed by atoms with Crippen molar-refractivity contribution in [2.75, 3.05) is 14.2 Å². The third kappa shape index (κ3) is 3.39. The van der Waals surface area contributed by atoms with Gasteiger partial charge in [0.05, 0.1) is 30.5 Å². The molecule has 0 saturated carbocycles. The van der Waals surface area contributed by atoms with E-state index in [9.17, 15) is 9.59 Å². The van der Waals surface area contributed by atoms with Crippen LogP contribution in [0.2, 0.25) is 0 Å². The molecule has 0 saturated heterocycles. The number of Topliss-reactive ketones (excluding diaryl/α,β-unsaturated/α-hetero) is 1. The van der Waals surface area contributed by atoms with Gasteiger partial charge in [0.25, 0.3) is 5.56 Å². The van der Waals surface area contributed by atoms with Crippen molar-refractivity contribution in [3.63, 3.8) is 0 Å². The molecule has 0 fully saturated rings. The van der Waals surface area contributed by atoms with Crippen LogP contribution in [0.25, 0.3) is 6.08 Å². The molecule has 2 heterocycles. The van der Waals surface area contributed by atoms with Gasteiger partial charge in [-0.1, -0.05) is 41.7 Å². The standard InChI is InChI=1S/C25H22N2O4S/c1-30-17-11-12-20(31-2)16(13-17)14-21-24(29)27-23(15-7-4-3-5-8-15)22-18(26-25(27)32-21)9-6-10-19(22)28/h3-5,7-8,11-14,23H,6,9-10H2,1-2H3. The lowest BCUT2D eigenvalue weighted by molar-refractivity contribution is -0.116. The smallest absolute Gasteiger partial charge is 0.271 e. The van der Waals surface area contributed by atoms with Gasteiger partial charge in [0.1, 0.15) is 11.5 Å². The third-order valence-corrected chi connectivity index (χ3v) is 6.85. The minimum absolute atomic E-state index is 0.0765. The van der Waals surface area contributed by atoms with Gasteiger partial charge in [-0.3, -0.25) is 14.2 Å². The summed E-state index contributed by atoms with van der Waals surface area (Å²) in [5, 5.41) is 0. The highest BCUT2D eigenvalue weighted by atomic mass is 32.1. The number of aromatic nitrogens is 1. The quantitative estimate of drug-likeness (QED) is 0.618. The van der Waals surface area contributed by atoms with Crippen LogP contribution in [0.3, 0.4) is 0 Å². The van der Waals surface area contributed by atoms with Crippen molar-refractivity contribution >= 4 is 23.2 Å². The van der Waals surface area contributed by atoms with Crippen LogP contribution in [0.15, 0.2) is 69.6 Å². The highest BCUT2D eigenvalue weighted by molar-refractivity contribution is 7.07. The van der Waals surface area contributed by atoms with E-state index in [-0.39, 0.29) is 11.3 Å².